The molecule has 0 spiro atoms. The van der Waals surface area contributed by atoms with Crippen LogP contribution in [0, 0.1) is 35.5 Å². The third-order valence-corrected chi connectivity index (χ3v) is 7.51. The lowest BCUT2D eigenvalue weighted by atomic mass is 9.75. The smallest absolute Gasteiger partial charge is 0.310 e. The molecule has 0 amide bonds. The van der Waals surface area contributed by atoms with Crippen molar-refractivity contribution in [3.8, 4) is 0 Å². The maximum Gasteiger partial charge on any atom is 0.310 e. The predicted octanol–water partition coefficient (Wildman–Crippen LogP) is 6.08. The minimum atomic E-state index is -0.839. The summed E-state index contributed by atoms with van der Waals surface area (Å²) in [6.07, 6.45) is 11.2. The monoisotopic (exact) mass is 394 g/mol. The number of esters is 1. The van der Waals surface area contributed by atoms with Crippen molar-refractivity contribution in [1.29, 1.82) is 0 Å². The van der Waals surface area contributed by atoms with Crippen molar-refractivity contribution in [2.24, 2.45) is 35.5 Å². The van der Waals surface area contributed by atoms with Gasteiger partial charge in [-0.25, -0.2) is 0 Å². The second-order valence-electron chi connectivity index (χ2n) is 9.84. The van der Waals surface area contributed by atoms with Crippen LogP contribution >= 0.6 is 0 Å². The van der Waals surface area contributed by atoms with Gasteiger partial charge in [0.1, 0.15) is 6.10 Å². The van der Waals surface area contributed by atoms with Crippen molar-refractivity contribution in [2.75, 3.05) is 0 Å². The van der Waals surface area contributed by atoms with E-state index in [-0.39, 0.29) is 12.1 Å². The number of carboxylic acids is 1. The minimum Gasteiger partial charge on any atom is -0.481 e. The van der Waals surface area contributed by atoms with Crippen LogP contribution in [-0.2, 0) is 14.3 Å². The Labute approximate surface area is 171 Å². The van der Waals surface area contributed by atoms with Crippen molar-refractivity contribution in [2.45, 2.75) is 104 Å². The highest BCUT2D eigenvalue weighted by molar-refractivity contribution is 5.81. The minimum absolute atomic E-state index is 0.0520. The largest absolute Gasteiger partial charge is 0.481 e. The van der Waals surface area contributed by atoms with E-state index in [0.717, 1.165) is 38.0 Å². The Morgan fingerprint density at radius 2 is 1.57 bits per heavy atom. The lowest BCUT2D eigenvalue weighted by Gasteiger charge is -2.37. The number of rotatable bonds is 9. The average molecular weight is 395 g/mol. The van der Waals surface area contributed by atoms with Gasteiger partial charge in [0.2, 0.25) is 0 Å². The van der Waals surface area contributed by atoms with E-state index in [2.05, 4.69) is 27.7 Å². The lowest BCUT2D eigenvalue weighted by Crippen LogP contribution is -2.39. The summed E-state index contributed by atoms with van der Waals surface area (Å²) in [6.45, 7) is 8.95. The Morgan fingerprint density at radius 3 is 2.11 bits per heavy atom. The summed E-state index contributed by atoms with van der Waals surface area (Å²) in [4.78, 5) is 24.6. The number of carbonyl (C=O) groups excluding carboxylic acids is 1. The summed E-state index contributed by atoms with van der Waals surface area (Å²) in [7, 11) is 0. The van der Waals surface area contributed by atoms with E-state index in [1.165, 1.54) is 25.7 Å². The summed E-state index contributed by atoms with van der Waals surface area (Å²) in [5, 5.41) is 9.53. The molecule has 2 saturated carbocycles. The molecule has 0 bridgehead atoms. The van der Waals surface area contributed by atoms with E-state index in [9.17, 15) is 14.7 Å². The van der Waals surface area contributed by atoms with E-state index in [1.807, 2.05) is 0 Å². The first-order valence-corrected chi connectivity index (χ1v) is 11.8. The zero-order valence-electron chi connectivity index (χ0n) is 18.5. The Balaban J connectivity index is 2.04. The van der Waals surface area contributed by atoms with Gasteiger partial charge in [-0.15, -0.1) is 0 Å². The van der Waals surface area contributed by atoms with Crippen molar-refractivity contribution in [3.05, 3.63) is 0 Å². The topological polar surface area (TPSA) is 63.6 Å². The lowest BCUT2D eigenvalue weighted by molar-refractivity contribution is -0.167. The van der Waals surface area contributed by atoms with Gasteiger partial charge >= 0.3 is 11.9 Å². The first-order chi connectivity index (χ1) is 13.3. The van der Waals surface area contributed by atoms with Crippen LogP contribution in [0.15, 0.2) is 0 Å². The van der Waals surface area contributed by atoms with Crippen LogP contribution in [0.2, 0.25) is 0 Å². The van der Waals surface area contributed by atoms with Crippen molar-refractivity contribution < 1.29 is 19.4 Å². The second kappa shape index (κ2) is 11.2. The Kier molecular flexibility index (Phi) is 9.30. The van der Waals surface area contributed by atoms with Gasteiger partial charge in [-0.2, -0.15) is 0 Å². The van der Waals surface area contributed by atoms with Crippen LogP contribution in [0.4, 0.5) is 0 Å². The maximum atomic E-state index is 13.0. The highest BCUT2D eigenvalue weighted by atomic mass is 16.5. The molecule has 4 heteroatoms. The molecule has 162 valence electrons. The van der Waals surface area contributed by atoms with E-state index in [4.69, 9.17) is 4.74 Å². The number of hydrogen-bond acceptors (Lipinski definition) is 3. The third-order valence-electron chi connectivity index (χ3n) is 7.51. The highest BCUT2D eigenvalue weighted by Crippen LogP contribution is 2.38. The Morgan fingerprint density at radius 1 is 0.964 bits per heavy atom. The third kappa shape index (κ3) is 6.49. The first kappa shape index (κ1) is 23.2. The Hall–Kier alpha value is -1.06. The van der Waals surface area contributed by atoms with E-state index in [1.54, 1.807) is 0 Å². The molecule has 0 saturated heterocycles. The molecule has 0 aromatic carbocycles. The molecule has 4 nitrogen and oxygen atoms in total. The van der Waals surface area contributed by atoms with Gasteiger partial charge in [-0.1, -0.05) is 66.2 Å². The summed E-state index contributed by atoms with van der Waals surface area (Å²) in [5.74, 6) is 0.202. The second-order valence-corrected chi connectivity index (χ2v) is 9.84. The molecule has 0 aliphatic heterocycles. The molecular formula is C24H42O4. The molecule has 0 aromatic rings. The van der Waals surface area contributed by atoms with Crippen molar-refractivity contribution in [3.63, 3.8) is 0 Å². The van der Waals surface area contributed by atoms with E-state index < -0.39 is 17.8 Å². The molecule has 4 unspecified atom stereocenters. The molecule has 4 atom stereocenters. The Bertz CT molecular complexity index is 493. The van der Waals surface area contributed by atoms with Gasteiger partial charge in [0, 0.05) is 0 Å². The maximum absolute atomic E-state index is 13.0. The van der Waals surface area contributed by atoms with Gasteiger partial charge in [-0.05, 0) is 55.8 Å². The van der Waals surface area contributed by atoms with E-state index >= 15 is 0 Å². The number of ether oxygens (including phenoxy) is 1. The molecule has 2 fully saturated rings. The fourth-order valence-electron chi connectivity index (χ4n) is 5.18. The van der Waals surface area contributed by atoms with Gasteiger partial charge in [-0.3, -0.25) is 9.59 Å². The van der Waals surface area contributed by atoms with Crippen LogP contribution < -0.4 is 0 Å². The SMILES string of the molecule is CCCC1CCC(C(CC(C)C(C)C)OC(=O)C2CCCCC2C(=O)O)CC1. The van der Waals surface area contributed by atoms with Gasteiger partial charge in [0.15, 0.2) is 0 Å². The molecule has 2 rings (SSSR count). The summed E-state index contributed by atoms with van der Waals surface area (Å²) < 4.78 is 6.12. The zero-order valence-corrected chi connectivity index (χ0v) is 18.5. The zero-order chi connectivity index (χ0) is 20.7. The standard InChI is InChI=1S/C24H42O4/c1-5-8-18-11-13-19(14-12-18)22(15-17(4)16(2)3)28-24(27)21-10-7-6-9-20(21)23(25)26/h16-22H,5-15H2,1-4H3,(H,25,26). The predicted molar refractivity (Wildman–Crippen MR) is 112 cm³/mol. The van der Waals surface area contributed by atoms with Crippen LogP contribution in [-0.4, -0.2) is 23.1 Å². The van der Waals surface area contributed by atoms with Crippen molar-refractivity contribution in [1.82, 2.24) is 0 Å². The molecule has 2 aliphatic carbocycles. The fourth-order valence-corrected chi connectivity index (χ4v) is 5.18. The van der Waals surface area contributed by atoms with Gasteiger partial charge in [0.25, 0.3) is 0 Å². The van der Waals surface area contributed by atoms with Crippen LogP contribution in [0.3, 0.4) is 0 Å². The molecule has 0 radical (unpaired) electrons. The summed E-state index contributed by atoms with van der Waals surface area (Å²) >= 11 is 0. The van der Waals surface area contributed by atoms with Crippen LogP contribution in [0.5, 0.6) is 0 Å². The first-order valence-electron chi connectivity index (χ1n) is 11.8. The fraction of sp³-hybridized carbons (Fsp3) is 0.917. The summed E-state index contributed by atoms with van der Waals surface area (Å²) in [6, 6.07) is 0. The number of hydrogen-bond donors (Lipinski definition) is 1. The molecule has 0 aromatic heterocycles. The van der Waals surface area contributed by atoms with Crippen LogP contribution in [0.25, 0.3) is 0 Å². The van der Waals surface area contributed by atoms with E-state index in [0.29, 0.717) is 30.6 Å². The van der Waals surface area contributed by atoms with Gasteiger partial charge in [0.05, 0.1) is 11.8 Å². The molecule has 1 N–H and O–H groups in total. The number of carbonyl (C=O) groups is 2. The average Bonchev–Trinajstić information content (AvgIpc) is 2.68. The molecular weight excluding hydrogens is 352 g/mol. The highest BCUT2D eigenvalue weighted by Gasteiger charge is 2.39. The molecule has 2 aliphatic rings. The van der Waals surface area contributed by atoms with Gasteiger partial charge < -0.3 is 9.84 Å². The molecule has 0 heterocycles. The number of carboxylic acid groups (broad SMARTS) is 1. The number of aliphatic carboxylic acids is 1. The quantitative estimate of drug-likeness (QED) is 0.481. The van der Waals surface area contributed by atoms with Crippen molar-refractivity contribution >= 4 is 11.9 Å². The summed E-state index contributed by atoms with van der Waals surface area (Å²) in [5.41, 5.74) is 0. The normalized spacial score (nSPS) is 30.6. The molecule has 28 heavy (non-hydrogen) atoms. The van der Waals surface area contributed by atoms with Crippen LogP contribution in [0.1, 0.15) is 98.3 Å².